The second-order valence-corrected chi connectivity index (χ2v) is 9.75. The molecule has 0 saturated carbocycles. The number of hydrogen-bond donors (Lipinski definition) is 2. The molecule has 0 unspecified atom stereocenters. The Morgan fingerprint density at radius 1 is 1.24 bits per heavy atom. The number of hydrogen-bond acceptors (Lipinski definition) is 5. The van der Waals surface area contributed by atoms with E-state index < -0.39 is 33.8 Å². The van der Waals surface area contributed by atoms with Gasteiger partial charge in [-0.15, -0.1) is 0 Å². The molecule has 1 aliphatic rings. The predicted molar refractivity (Wildman–Crippen MR) is 105 cm³/mol. The van der Waals surface area contributed by atoms with E-state index in [0.29, 0.717) is 6.61 Å². The monoisotopic (exact) mass is 429 g/mol. The van der Waals surface area contributed by atoms with Gasteiger partial charge in [-0.2, -0.15) is 0 Å². The molecule has 2 N–H and O–H groups in total. The van der Waals surface area contributed by atoms with Crippen molar-refractivity contribution in [3.8, 4) is 0 Å². The van der Waals surface area contributed by atoms with E-state index in [4.69, 9.17) is 4.74 Å². The average Bonchev–Trinajstić information content (AvgIpc) is 3.11. The number of carbonyl (C=O) groups excluding carboxylic acids is 2. The van der Waals surface area contributed by atoms with Crippen LogP contribution in [-0.4, -0.2) is 63.0 Å². The van der Waals surface area contributed by atoms with Gasteiger partial charge in [0.1, 0.15) is 5.82 Å². The first-order chi connectivity index (χ1) is 13.5. The molecule has 0 spiro atoms. The van der Waals surface area contributed by atoms with Gasteiger partial charge in [0, 0.05) is 18.7 Å². The molecule has 1 aromatic carbocycles. The summed E-state index contributed by atoms with van der Waals surface area (Å²) >= 11 is 0. The first-order valence-electron chi connectivity index (χ1n) is 9.42. The van der Waals surface area contributed by atoms with Crippen LogP contribution in [-0.2, 0) is 24.3 Å². The summed E-state index contributed by atoms with van der Waals surface area (Å²) in [5.74, 6) is -1.45. The molecule has 162 valence electrons. The Morgan fingerprint density at radius 2 is 1.90 bits per heavy atom. The van der Waals surface area contributed by atoms with Gasteiger partial charge >= 0.3 is 0 Å². The van der Waals surface area contributed by atoms with Crippen molar-refractivity contribution in [3.63, 3.8) is 0 Å². The molecular weight excluding hydrogens is 401 g/mol. The standard InChI is InChI=1S/C19H28FN3O5S/c1-19(2,3)22-17(24)13-23(12-15-5-4-10-28-15)18(25)11-21-29(26,27)16-8-6-14(20)7-9-16/h6-9,15,21H,4-5,10-13H2,1-3H3,(H,22,24)/t15-/m1/s1. The summed E-state index contributed by atoms with van der Waals surface area (Å²) in [4.78, 5) is 26.1. The summed E-state index contributed by atoms with van der Waals surface area (Å²) < 4.78 is 45.4. The van der Waals surface area contributed by atoms with Crippen LogP contribution in [0.25, 0.3) is 0 Å². The number of nitrogens with zero attached hydrogens (tertiary/aromatic N) is 1. The van der Waals surface area contributed by atoms with E-state index in [1.165, 1.54) is 4.90 Å². The van der Waals surface area contributed by atoms with E-state index in [0.717, 1.165) is 37.1 Å². The van der Waals surface area contributed by atoms with Crippen molar-refractivity contribution in [3.05, 3.63) is 30.1 Å². The van der Waals surface area contributed by atoms with Gasteiger partial charge in [0.25, 0.3) is 0 Å². The van der Waals surface area contributed by atoms with Crippen LogP contribution in [0.5, 0.6) is 0 Å². The Bertz CT molecular complexity index is 815. The zero-order valence-corrected chi connectivity index (χ0v) is 17.7. The number of rotatable bonds is 8. The van der Waals surface area contributed by atoms with Crippen LogP contribution in [0.1, 0.15) is 33.6 Å². The molecule has 1 heterocycles. The van der Waals surface area contributed by atoms with Crippen LogP contribution >= 0.6 is 0 Å². The third-order valence-corrected chi connectivity index (χ3v) is 5.60. The van der Waals surface area contributed by atoms with E-state index in [2.05, 4.69) is 10.0 Å². The van der Waals surface area contributed by atoms with E-state index in [9.17, 15) is 22.4 Å². The maximum absolute atomic E-state index is 13.0. The first-order valence-corrected chi connectivity index (χ1v) is 10.9. The number of benzene rings is 1. The molecule has 2 rings (SSSR count). The molecule has 1 aromatic rings. The van der Waals surface area contributed by atoms with E-state index in [1.54, 1.807) is 0 Å². The largest absolute Gasteiger partial charge is 0.376 e. The quantitative estimate of drug-likeness (QED) is 0.642. The summed E-state index contributed by atoms with van der Waals surface area (Å²) in [5, 5.41) is 2.79. The Hall–Kier alpha value is -2.04. The predicted octanol–water partition coefficient (Wildman–Crippen LogP) is 1.03. The summed E-state index contributed by atoms with van der Waals surface area (Å²) in [6.45, 7) is 5.56. The molecule has 8 nitrogen and oxygen atoms in total. The molecule has 1 atom stereocenters. The third kappa shape index (κ3) is 7.71. The fourth-order valence-electron chi connectivity index (χ4n) is 2.89. The fraction of sp³-hybridized carbons (Fsp3) is 0.579. The van der Waals surface area contributed by atoms with Crippen molar-refractivity contribution in [1.29, 1.82) is 0 Å². The zero-order valence-electron chi connectivity index (χ0n) is 16.9. The molecule has 1 fully saturated rings. The lowest BCUT2D eigenvalue weighted by molar-refractivity contribution is -0.137. The molecule has 29 heavy (non-hydrogen) atoms. The highest BCUT2D eigenvalue weighted by atomic mass is 32.2. The lowest BCUT2D eigenvalue weighted by Crippen LogP contribution is -2.50. The number of halogens is 1. The summed E-state index contributed by atoms with van der Waals surface area (Å²) in [6.07, 6.45) is 1.46. The van der Waals surface area contributed by atoms with Gasteiger partial charge in [-0.25, -0.2) is 17.5 Å². The molecule has 0 aliphatic carbocycles. The molecule has 1 saturated heterocycles. The molecule has 0 bridgehead atoms. The minimum absolute atomic E-state index is 0.150. The van der Waals surface area contributed by atoms with Gasteiger partial charge in [0.05, 0.1) is 24.1 Å². The zero-order chi connectivity index (χ0) is 21.7. The van der Waals surface area contributed by atoms with Crippen LogP contribution in [0, 0.1) is 5.82 Å². The SMILES string of the molecule is CC(C)(C)NC(=O)CN(C[C@H]1CCCO1)C(=O)CNS(=O)(=O)c1ccc(F)cc1. The number of sulfonamides is 1. The van der Waals surface area contributed by atoms with Crippen molar-refractivity contribution in [2.24, 2.45) is 0 Å². The van der Waals surface area contributed by atoms with Crippen LogP contribution in [0.3, 0.4) is 0 Å². The topological polar surface area (TPSA) is 105 Å². The van der Waals surface area contributed by atoms with Gasteiger partial charge in [0.2, 0.25) is 21.8 Å². The Labute approximate surface area is 170 Å². The smallest absolute Gasteiger partial charge is 0.241 e. The second kappa shape index (κ2) is 9.64. The molecular formula is C19H28FN3O5S. The molecule has 0 radical (unpaired) electrons. The van der Waals surface area contributed by atoms with Crippen LogP contribution in [0.4, 0.5) is 4.39 Å². The minimum atomic E-state index is -3.99. The second-order valence-electron chi connectivity index (χ2n) is 7.99. The van der Waals surface area contributed by atoms with Gasteiger partial charge in [-0.05, 0) is 57.9 Å². The fourth-order valence-corrected chi connectivity index (χ4v) is 3.86. The van der Waals surface area contributed by atoms with Crippen molar-refractivity contribution in [2.45, 2.75) is 50.2 Å². The maximum atomic E-state index is 13.0. The van der Waals surface area contributed by atoms with Crippen molar-refractivity contribution < 1.29 is 27.1 Å². The average molecular weight is 430 g/mol. The summed E-state index contributed by atoms with van der Waals surface area (Å²) in [7, 11) is -3.99. The molecule has 10 heteroatoms. The van der Waals surface area contributed by atoms with E-state index in [1.807, 2.05) is 20.8 Å². The third-order valence-electron chi connectivity index (χ3n) is 4.19. The van der Waals surface area contributed by atoms with Crippen LogP contribution in [0.15, 0.2) is 29.2 Å². The Morgan fingerprint density at radius 3 is 2.45 bits per heavy atom. The highest BCUT2D eigenvalue weighted by molar-refractivity contribution is 7.89. The molecule has 0 aromatic heterocycles. The highest BCUT2D eigenvalue weighted by Gasteiger charge is 2.26. The summed E-state index contributed by atoms with van der Waals surface area (Å²) in [6, 6.07) is 4.28. The lowest BCUT2D eigenvalue weighted by Gasteiger charge is -2.27. The van der Waals surface area contributed by atoms with Gasteiger partial charge in [-0.3, -0.25) is 9.59 Å². The summed E-state index contributed by atoms with van der Waals surface area (Å²) in [5.41, 5.74) is -0.459. The minimum Gasteiger partial charge on any atom is -0.376 e. The van der Waals surface area contributed by atoms with Crippen LogP contribution in [0.2, 0.25) is 0 Å². The normalized spacial score (nSPS) is 17.2. The lowest BCUT2D eigenvalue weighted by atomic mass is 10.1. The highest BCUT2D eigenvalue weighted by Crippen LogP contribution is 2.14. The molecule has 2 amide bonds. The van der Waals surface area contributed by atoms with Gasteiger partial charge in [-0.1, -0.05) is 0 Å². The number of nitrogens with one attached hydrogen (secondary N) is 2. The Balaban J connectivity index is 2.03. The number of ether oxygens (including phenoxy) is 1. The maximum Gasteiger partial charge on any atom is 0.241 e. The molecule has 1 aliphatic heterocycles. The van der Waals surface area contributed by atoms with Crippen molar-refractivity contribution in [1.82, 2.24) is 14.9 Å². The van der Waals surface area contributed by atoms with Crippen molar-refractivity contribution in [2.75, 3.05) is 26.2 Å². The van der Waals surface area contributed by atoms with Gasteiger partial charge in [0.15, 0.2) is 0 Å². The Kier molecular flexibility index (Phi) is 7.73. The van der Waals surface area contributed by atoms with E-state index in [-0.39, 0.29) is 30.0 Å². The number of carbonyl (C=O) groups is 2. The van der Waals surface area contributed by atoms with Gasteiger partial charge < -0.3 is 15.0 Å². The number of amides is 2. The van der Waals surface area contributed by atoms with E-state index >= 15 is 0 Å². The van der Waals surface area contributed by atoms with Crippen molar-refractivity contribution >= 4 is 21.8 Å². The first kappa shape index (κ1) is 23.2. The van der Waals surface area contributed by atoms with Crippen LogP contribution < -0.4 is 10.0 Å².